The van der Waals surface area contributed by atoms with E-state index in [1.165, 1.54) is 0 Å². The maximum absolute atomic E-state index is 9.08. The van der Waals surface area contributed by atoms with E-state index in [2.05, 4.69) is 26.1 Å². The number of guanidine groups is 1. The summed E-state index contributed by atoms with van der Waals surface area (Å²) in [5.41, 5.74) is 0. The number of nitrogens with zero attached hydrogens (tertiary/aromatic N) is 3. The lowest BCUT2D eigenvalue weighted by Crippen LogP contribution is -2.48. The van der Waals surface area contributed by atoms with E-state index in [1.54, 1.807) is 0 Å². The summed E-state index contributed by atoms with van der Waals surface area (Å²) in [5, 5.41) is 0. The highest BCUT2D eigenvalue weighted by molar-refractivity contribution is 7.84. The molecule has 0 atom stereocenters. The summed E-state index contributed by atoms with van der Waals surface area (Å²) in [6, 6.07) is 0. The highest BCUT2D eigenvalue weighted by atomic mass is 32.2. The van der Waals surface area contributed by atoms with Crippen molar-refractivity contribution in [2.75, 3.05) is 48.5 Å². The number of hydrogen-bond acceptors (Lipinski definition) is 4. The van der Waals surface area contributed by atoms with Gasteiger partial charge in [0.05, 0.1) is 31.3 Å². The van der Waals surface area contributed by atoms with E-state index in [9.17, 15) is 0 Å². The topological polar surface area (TPSA) is 72.8 Å². The third-order valence-electron chi connectivity index (χ3n) is 1.20. The standard InChI is InChI=1S/C7H18N3.CH4O3S/c1-8-7(9(2)3)10(4,5)6;1-5(2,3)4/h1-6H3;1H3,(H,2,3,4)/q+1;/p-1/b8-7+;. The van der Waals surface area contributed by atoms with Crippen molar-refractivity contribution in [3.63, 3.8) is 0 Å². The third-order valence-corrected chi connectivity index (χ3v) is 1.20. The minimum Gasteiger partial charge on any atom is -0.748 e. The first kappa shape index (κ1) is 16.8. The second kappa shape index (κ2) is 6.04. The summed E-state index contributed by atoms with van der Waals surface area (Å²) in [6.45, 7) is 0. The van der Waals surface area contributed by atoms with Gasteiger partial charge in [-0.3, -0.25) is 4.48 Å². The molecular formula is C8H21N3O3S. The lowest BCUT2D eigenvalue weighted by Gasteiger charge is -2.28. The van der Waals surface area contributed by atoms with Crippen molar-refractivity contribution in [3.8, 4) is 0 Å². The zero-order chi connectivity index (χ0) is 12.9. The molecule has 0 heterocycles. The van der Waals surface area contributed by atoms with Crippen LogP contribution < -0.4 is 0 Å². The van der Waals surface area contributed by atoms with Crippen molar-refractivity contribution in [2.24, 2.45) is 4.99 Å². The molecule has 0 aromatic rings. The van der Waals surface area contributed by atoms with Crippen LogP contribution in [0.1, 0.15) is 0 Å². The van der Waals surface area contributed by atoms with Gasteiger partial charge in [0, 0.05) is 27.4 Å². The molecule has 0 radical (unpaired) electrons. The molecule has 0 saturated carbocycles. The fraction of sp³-hybridized carbons (Fsp3) is 0.875. The summed E-state index contributed by atoms with van der Waals surface area (Å²) in [4.78, 5) is 6.20. The molecule has 0 rings (SSSR count). The third kappa shape index (κ3) is 13.3. The highest BCUT2D eigenvalue weighted by Crippen LogP contribution is 1.96. The fourth-order valence-corrected chi connectivity index (χ4v) is 1.10. The molecule has 0 unspecified atom stereocenters. The Morgan fingerprint density at radius 3 is 1.53 bits per heavy atom. The molecule has 0 aliphatic carbocycles. The Morgan fingerprint density at radius 1 is 1.27 bits per heavy atom. The summed E-state index contributed by atoms with van der Waals surface area (Å²) < 4.78 is 28.0. The minimum atomic E-state index is -3.92. The lowest BCUT2D eigenvalue weighted by atomic mass is 10.6. The van der Waals surface area contributed by atoms with Gasteiger partial charge in [-0.25, -0.2) is 13.4 Å². The molecule has 0 aromatic heterocycles. The lowest BCUT2D eigenvalue weighted by molar-refractivity contribution is -0.782. The maximum atomic E-state index is 9.08. The van der Waals surface area contributed by atoms with Crippen LogP contribution in [-0.2, 0) is 10.1 Å². The molecule has 0 amide bonds. The van der Waals surface area contributed by atoms with E-state index in [1.807, 2.05) is 26.0 Å². The molecule has 6 nitrogen and oxygen atoms in total. The number of quaternary nitrogens is 1. The van der Waals surface area contributed by atoms with Crippen LogP contribution in [0.5, 0.6) is 0 Å². The average molecular weight is 239 g/mol. The van der Waals surface area contributed by atoms with Gasteiger partial charge in [0.25, 0.3) is 5.96 Å². The van der Waals surface area contributed by atoms with Crippen LogP contribution in [0.25, 0.3) is 0 Å². The van der Waals surface area contributed by atoms with Gasteiger partial charge in [0.15, 0.2) is 0 Å². The maximum Gasteiger partial charge on any atom is 0.298 e. The quantitative estimate of drug-likeness (QED) is 0.245. The zero-order valence-electron chi connectivity index (χ0n) is 10.5. The Hall–Kier alpha value is -0.660. The van der Waals surface area contributed by atoms with E-state index < -0.39 is 10.1 Å². The van der Waals surface area contributed by atoms with Crippen molar-refractivity contribution in [1.29, 1.82) is 0 Å². The van der Waals surface area contributed by atoms with Gasteiger partial charge in [-0.1, -0.05) is 0 Å². The molecule has 0 N–H and O–H groups in total. The molecule has 92 valence electrons. The van der Waals surface area contributed by atoms with Gasteiger partial charge in [-0.2, -0.15) is 0 Å². The SMILES string of the molecule is C/N=C(\N(C)C)[N+](C)(C)C.CS(=O)(=O)[O-]. The molecule has 0 spiro atoms. The minimum absolute atomic E-state index is 0.604. The van der Waals surface area contributed by atoms with Gasteiger partial charge in [-0.05, 0) is 0 Å². The average Bonchev–Trinajstić information content (AvgIpc) is 1.78. The number of rotatable bonds is 0. The Kier molecular flexibility index (Phi) is 6.75. The first-order chi connectivity index (χ1) is 6.39. The first-order valence-electron chi connectivity index (χ1n) is 4.26. The molecule has 7 heteroatoms. The van der Waals surface area contributed by atoms with Crippen LogP contribution in [0.3, 0.4) is 0 Å². The van der Waals surface area contributed by atoms with Crippen molar-refractivity contribution >= 4 is 16.1 Å². The molecule has 0 aromatic carbocycles. The summed E-state index contributed by atoms with van der Waals surface area (Å²) in [6.07, 6.45) is 0.604. The molecule has 0 aliphatic rings. The van der Waals surface area contributed by atoms with E-state index in [0.717, 1.165) is 10.4 Å². The molecule has 15 heavy (non-hydrogen) atoms. The Labute approximate surface area is 92.6 Å². The van der Waals surface area contributed by atoms with E-state index in [-0.39, 0.29) is 0 Å². The molecule has 0 bridgehead atoms. The van der Waals surface area contributed by atoms with Gasteiger partial charge < -0.3 is 9.45 Å². The van der Waals surface area contributed by atoms with Crippen LogP contribution in [0.4, 0.5) is 0 Å². The Balaban J connectivity index is 0. The van der Waals surface area contributed by atoms with E-state index >= 15 is 0 Å². The smallest absolute Gasteiger partial charge is 0.298 e. The highest BCUT2D eigenvalue weighted by Gasteiger charge is 2.18. The van der Waals surface area contributed by atoms with Crippen LogP contribution in [0, 0.1) is 0 Å². The van der Waals surface area contributed by atoms with Crippen LogP contribution in [0.15, 0.2) is 4.99 Å². The summed E-state index contributed by atoms with van der Waals surface area (Å²) in [5.74, 6) is 1.07. The second-order valence-electron chi connectivity index (χ2n) is 4.13. The van der Waals surface area contributed by atoms with Crippen molar-refractivity contribution in [1.82, 2.24) is 4.90 Å². The molecule has 0 saturated heterocycles. The summed E-state index contributed by atoms with van der Waals surface area (Å²) >= 11 is 0. The van der Waals surface area contributed by atoms with Gasteiger partial charge >= 0.3 is 0 Å². The first-order valence-corrected chi connectivity index (χ1v) is 6.08. The van der Waals surface area contributed by atoms with Crippen molar-refractivity contribution in [2.45, 2.75) is 0 Å². The second-order valence-corrected chi connectivity index (χ2v) is 5.54. The van der Waals surface area contributed by atoms with Gasteiger partial charge in [0.2, 0.25) is 0 Å². The van der Waals surface area contributed by atoms with Gasteiger partial charge in [0.1, 0.15) is 0 Å². The van der Waals surface area contributed by atoms with Crippen LogP contribution in [-0.4, -0.2) is 76.9 Å². The largest absolute Gasteiger partial charge is 0.748 e. The fourth-order valence-electron chi connectivity index (χ4n) is 1.10. The van der Waals surface area contributed by atoms with Gasteiger partial charge in [-0.15, -0.1) is 0 Å². The zero-order valence-corrected chi connectivity index (χ0v) is 11.3. The predicted octanol–water partition coefficient (Wildman–Crippen LogP) is -0.599. The van der Waals surface area contributed by atoms with Crippen molar-refractivity contribution in [3.05, 3.63) is 0 Å². The predicted molar refractivity (Wildman–Crippen MR) is 60.7 cm³/mol. The summed E-state index contributed by atoms with van der Waals surface area (Å²) in [7, 11) is 8.21. The molecule has 0 fully saturated rings. The van der Waals surface area contributed by atoms with Crippen LogP contribution >= 0.6 is 0 Å². The van der Waals surface area contributed by atoms with Crippen LogP contribution in [0.2, 0.25) is 0 Å². The Bertz CT molecular complexity index is 294. The Morgan fingerprint density at radius 2 is 1.53 bits per heavy atom. The molecular weight excluding hydrogens is 218 g/mol. The normalized spacial score (nSPS) is 12.9. The van der Waals surface area contributed by atoms with E-state index in [4.69, 9.17) is 13.0 Å². The molecule has 0 aliphatic heterocycles. The van der Waals surface area contributed by atoms with E-state index in [0.29, 0.717) is 6.26 Å². The monoisotopic (exact) mass is 239 g/mol. The number of hydrogen-bond donors (Lipinski definition) is 0. The van der Waals surface area contributed by atoms with Crippen molar-refractivity contribution < 1.29 is 17.5 Å². The number of aliphatic imine (C=N–C) groups is 1.